The molecular weight excluding hydrogens is 274 g/mol. The maximum Gasteiger partial charge on any atom is 0.343 e. The Hall–Kier alpha value is -2.34. The fraction of sp³-hybridized carbons (Fsp3) is 0.333. The smallest absolute Gasteiger partial charge is 0.343 e. The lowest BCUT2D eigenvalue weighted by Gasteiger charge is -2.11. The Morgan fingerprint density at radius 2 is 2.19 bits per heavy atom. The lowest BCUT2D eigenvalue weighted by molar-refractivity contribution is -0.194. The molecule has 1 aliphatic rings. The van der Waals surface area contributed by atoms with Crippen molar-refractivity contribution in [1.82, 2.24) is 4.57 Å². The maximum absolute atomic E-state index is 12.5. The number of pyridine rings is 1. The Morgan fingerprint density at radius 3 is 2.90 bits per heavy atom. The summed E-state index contributed by atoms with van der Waals surface area (Å²) in [6.45, 7) is 4.85. The van der Waals surface area contributed by atoms with Gasteiger partial charge in [-0.25, -0.2) is 4.79 Å². The van der Waals surface area contributed by atoms with Gasteiger partial charge < -0.3 is 14.2 Å². The average molecular weight is 289 g/mol. The number of fused-ring (bicyclic) bond motifs is 2. The van der Waals surface area contributed by atoms with E-state index in [0.717, 1.165) is 11.1 Å². The van der Waals surface area contributed by atoms with E-state index >= 15 is 0 Å². The quantitative estimate of drug-likeness (QED) is 0.639. The summed E-state index contributed by atoms with van der Waals surface area (Å²) in [5, 5.41) is 0.423. The number of carbonyl (C=O) groups excluding carboxylic acids is 1. The second kappa shape index (κ2) is 5.21. The zero-order chi connectivity index (χ0) is 15.0. The van der Waals surface area contributed by atoms with Crippen molar-refractivity contribution < 1.29 is 19.3 Å². The number of esters is 1. The van der Waals surface area contributed by atoms with E-state index < -0.39 is 5.97 Å². The molecule has 0 saturated heterocycles. The van der Waals surface area contributed by atoms with Crippen LogP contribution in [-0.2, 0) is 22.8 Å². The second-order valence-electron chi connectivity index (χ2n) is 4.70. The summed E-state index contributed by atoms with van der Waals surface area (Å²) in [4.78, 5) is 34.4. The van der Waals surface area contributed by atoms with Crippen molar-refractivity contribution >= 4 is 16.9 Å². The monoisotopic (exact) mass is 289 g/mol. The molecule has 21 heavy (non-hydrogen) atoms. The van der Waals surface area contributed by atoms with Gasteiger partial charge in [0, 0.05) is 18.3 Å². The van der Waals surface area contributed by atoms with E-state index in [-0.39, 0.29) is 17.6 Å². The van der Waals surface area contributed by atoms with Crippen molar-refractivity contribution in [2.75, 3.05) is 6.61 Å². The van der Waals surface area contributed by atoms with Crippen LogP contribution in [-0.4, -0.2) is 17.1 Å². The molecule has 0 atom stereocenters. The Kier molecular flexibility index (Phi) is 3.39. The fourth-order valence-electron chi connectivity index (χ4n) is 2.42. The highest BCUT2D eigenvalue weighted by atomic mass is 17.2. The highest BCUT2D eigenvalue weighted by molar-refractivity contribution is 5.94. The van der Waals surface area contributed by atoms with Crippen molar-refractivity contribution in [3.05, 3.63) is 39.7 Å². The van der Waals surface area contributed by atoms with E-state index in [1.54, 1.807) is 19.2 Å². The summed E-state index contributed by atoms with van der Waals surface area (Å²) >= 11 is 0. The number of rotatable bonds is 3. The van der Waals surface area contributed by atoms with Gasteiger partial charge in [-0.15, -0.1) is 0 Å². The number of benzene rings is 1. The Labute approximate surface area is 120 Å². The zero-order valence-electron chi connectivity index (χ0n) is 11.8. The largest absolute Gasteiger partial charge is 0.462 e. The van der Waals surface area contributed by atoms with Gasteiger partial charge in [0.2, 0.25) is 5.43 Å². The van der Waals surface area contributed by atoms with Gasteiger partial charge in [-0.2, -0.15) is 4.89 Å². The van der Waals surface area contributed by atoms with Crippen molar-refractivity contribution in [2.24, 2.45) is 0 Å². The predicted octanol–water partition coefficient (Wildman–Crippen LogP) is 2.02. The van der Waals surface area contributed by atoms with Crippen molar-refractivity contribution in [3.63, 3.8) is 0 Å². The minimum atomic E-state index is -0.607. The number of hydrogen-bond acceptors (Lipinski definition) is 5. The molecule has 110 valence electrons. The first kappa shape index (κ1) is 13.6. The highest BCUT2D eigenvalue weighted by Gasteiger charge is 2.21. The number of nitrogens with zero attached hydrogens (tertiary/aromatic N) is 1. The van der Waals surface area contributed by atoms with Gasteiger partial charge in [0.25, 0.3) is 0 Å². The number of ether oxygens (including phenoxy) is 1. The van der Waals surface area contributed by atoms with Gasteiger partial charge in [-0.3, -0.25) is 4.79 Å². The van der Waals surface area contributed by atoms with E-state index in [4.69, 9.17) is 14.5 Å². The molecule has 6 heteroatoms. The van der Waals surface area contributed by atoms with E-state index in [9.17, 15) is 9.59 Å². The minimum absolute atomic E-state index is 0.0325. The summed E-state index contributed by atoms with van der Waals surface area (Å²) in [6.07, 6.45) is 1.55. The fourth-order valence-corrected chi connectivity index (χ4v) is 2.42. The van der Waals surface area contributed by atoms with Gasteiger partial charge in [0.15, 0.2) is 5.75 Å². The van der Waals surface area contributed by atoms with Crippen LogP contribution in [0.15, 0.2) is 23.1 Å². The summed E-state index contributed by atoms with van der Waals surface area (Å²) < 4.78 is 6.79. The average Bonchev–Trinajstić information content (AvgIpc) is 2.93. The number of hydrogen-bond donors (Lipinski definition) is 0. The molecule has 0 spiro atoms. The Bertz CT molecular complexity index is 778. The van der Waals surface area contributed by atoms with E-state index in [2.05, 4.69) is 0 Å². The molecule has 6 nitrogen and oxygen atoms in total. The van der Waals surface area contributed by atoms with Crippen LogP contribution in [0.25, 0.3) is 10.9 Å². The molecular formula is C15H15NO5. The molecule has 0 saturated carbocycles. The normalized spacial score (nSPS) is 13.0. The van der Waals surface area contributed by atoms with E-state index in [0.29, 0.717) is 24.3 Å². The Balaban J connectivity index is 2.29. The molecule has 1 aliphatic heterocycles. The zero-order valence-corrected chi connectivity index (χ0v) is 11.8. The van der Waals surface area contributed by atoms with Crippen LogP contribution in [0.2, 0.25) is 0 Å². The van der Waals surface area contributed by atoms with Crippen LogP contribution >= 0.6 is 0 Å². The standard InChI is InChI=1S/C15H15NO5/c1-3-16-7-11(15(18)19-4-2)14(17)10-6-13-9(5-12(10)16)8-20-21-13/h5-7H,3-4,8H2,1-2H3. The maximum atomic E-state index is 12.5. The SMILES string of the molecule is CCOC(=O)c1cn(CC)c2cc3c(cc2c1=O)OOC3. The van der Waals surface area contributed by atoms with Crippen LogP contribution < -0.4 is 10.3 Å². The minimum Gasteiger partial charge on any atom is -0.462 e. The topological polar surface area (TPSA) is 66.8 Å². The van der Waals surface area contributed by atoms with Crippen LogP contribution in [0.1, 0.15) is 29.8 Å². The first-order chi connectivity index (χ1) is 10.2. The number of aromatic nitrogens is 1. The van der Waals surface area contributed by atoms with Gasteiger partial charge in [-0.05, 0) is 26.0 Å². The first-order valence-corrected chi connectivity index (χ1v) is 6.82. The van der Waals surface area contributed by atoms with Crippen molar-refractivity contribution in [3.8, 4) is 5.75 Å². The predicted molar refractivity (Wildman–Crippen MR) is 75.3 cm³/mol. The van der Waals surface area contributed by atoms with Gasteiger partial charge in [0.1, 0.15) is 12.2 Å². The molecule has 3 rings (SSSR count). The van der Waals surface area contributed by atoms with Gasteiger partial charge >= 0.3 is 5.97 Å². The highest BCUT2D eigenvalue weighted by Crippen LogP contribution is 2.30. The third-order valence-corrected chi connectivity index (χ3v) is 3.46. The third kappa shape index (κ3) is 2.17. The second-order valence-corrected chi connectivity index (χ2v) is 4.70. The van der Waals surface area contributed by atoms with Gasteiger partial charge in [0.05, 0.1) is 17.5 Å². The molecule has 0 aliphatic carbocycles. The summed E-state index contributed by atoms with van der Waals surface area (Å²) in [7, 11) is 0. The molecule has 0 radical (unpaired) electrons. The number of aryl methyl sites for hydroxylation is 1. The van der Waals surface area contributed by atoms with Gasteiger partial charge in [-0.1, -0.05) is 0 Å². The Morgan fingerprint density at radius 1 is 1.38 bits per heavy atom. The lowest BCUT2D eigenvalue weighted by Crippen LogP contribution is -2.20. The molecule has 0 unspecified atom stereocenters. The lowest BCUT2D eigenvalue weighted by atomic mass is 10.1. The summed E-state index contributed by atoms with van der Waals surface area (Å²) in [5.41, 5.74) is 1.31. The summed E-state index contributed by atoms with van der Waals surface area (Å²) in [5.74, 6) is -0.0903. The molecule has 1 aromatic carbocycles. The third-order valence-electron chi connectivity index (χ3n) is 3.46. The summed E-state index contributed by atoms with van der Waals surface area (Å²) in [6, 6.07) is 3.48. The van der Waals surface area contributed by atoms with Crippen molar-refractivity contribution in [2.45, 2.75) is 27.0 Å². The van der Waals surface area contributed by atoms with Crippen LogP contribution in [0.4, 0.5) is 0 Å². The van der Waals surface area contributed by atoms with Crippen LogP contribution in [0.3, 0.4) is 0 Å². The molecule has 0 bridgehead atoms. The van der Waals surface area contributed by atoms with Crippen LogP contribution in [0, 0.1) is 0 Å². The van der Waals surface area contributed by atoms with Crippen LogP contribution in [0.5, 0.6) is 5.75 Å². The first-order valence-electron chi connectivity index (χ1n) is 6.82. The molecule has 0 N–H and O–H groups in total. The van der Waals surface area contributed by atoms with E-state index in [1.807, 2.05) is 17.6 Å². The molecule has 2 heterocycles. The molecule has 2 aromatic rings. The number of carbonyl (C=O) groups is 1. The molecule has 0 fully saturated rings. The molecule has 1 aromatic heterocycles. The van der Waals surface area contributed by atoms with Crippen molar-refractivity contribution in [1.29, 1.82) is 0 Å². The molecule has 0 amide bonds. The van der Waals surface area contributed by atoms with E-state index in [1.165, 1.54) is 0 Å².